The summed E-state index contributed by atoms with van der Waals surface area (Å²) < 4.78 is 0. The maximum atomic E-state index is 12.1. The number of piperidine rings is 1. The number of amides is 3. The Morgan fingerprint density at radius 2 is 1.80 bits per heavy atom. The van der Waals surface area contributed by atoms with Crippen molar-refractivity contribution >= 4 is 11.9 Å². The van der Waals surface area contributed by atoms with Crippen LogP contribution in [0.3, 0.4) is 0 Å². The van der Waals surface area contributed by atoms with Crippen LogP contribution >= 0.6 is 0 Å². The second-order valence-electron chi connectivity index (χ2n) is 8.03. The van der Waals surface area contributed by atoms with Gasteiger partial charge in [0.2, 0.25) is 0 Å². The summed E-state index contributed by atoms with van der Waals surface area (Å²) in [5.74, 6) is 0.663. The molecule has 5 heteroatoms. The van der Waals surface area contributed by atoms with Crippen LogP contribution in [0.5, 0.6) is 0 Å². The van der Waals surface area contributed by atoms with Crippen LogP contribution in [0.15, 0.2) is 24.3 Å². The molecule has 136 valence electrons. The Balaban J connectivity index is 1.60. The van der Waals surface area contributed by atoms with Gasteiger partial charge < -0.3 is 5.32 Å². The molecule has 1 aromatic carbocycles. The lowest BCUT2D eigenvalue weighted by molar-refractivity contribution is -0.125. The number of nitrogens with zero attached hydrogens (tertiary/aromatic N) is 1. The van der Waals surface area contributed by atoms with Crippen LogP contribution in [0.2, 0.25) is 0 Å². The Hall–Kier alpha value is -1.88. The molecule has 2 fully saturated rings. The molecule has 25 heavy (non-hydrogen) atoms. The second-order valence-corrected chi connectivity index (χ2v) is 8.03. The zero-order chi connectivity index (χ0) is 18.0. The largest absolute Gasteiger partial charge is 0.323 e. The number of carbonyl (C=O) groups excluding carboxylic acids is 2. The van der Waals surface area contributed by atoms with E-state index in [2.05, 4.69) is 53.6 Å². The highest BCUT2D eigenvalue weighted by atomic mass is 16.2. The van der Waals surface area contributed by atoms with Gasteiger partial charge in [-0.2, -0.15) is 0 Å². The molecule has 0 spiro atoms. The number of imide groups is 1. The summed E-state index contributed by atoms with van der Waals surface area (Å²) in [5.41, 5.74) is 2.10. The van der Waals surface area contributed by atoms with Crippen molar-refractivity contribution in [2.45, 2.75) is 52.1 Å². The van der Waals surface area contributed by atoms with Gasteiger partial charge in [0, 0.05) is 6.54 Å². The summed E-state index contributed by atoms with van der Waals surface area (Å²) in [5, 5.41) is 5.21. The summed E-state index contributed by atoms with van der Waals surface area (Å²) >= 11 is 0. The normalized spacial score (nSPS) is 25.3. The fourth-order valence-corrected chi connectivity index (χ4v) is 4.10. The molecule has 3 amide bonds. The lowest BCUT2D eigenvalue weighted by Gasteiger charge is -2.38. The monoisotopic (exact) mass is 343 g/mol. The van der Waals surface area contributed by atoms with Gasteiger partial charge in [0.25, 0.3) is 5.91 Å². The first kappa shape index (κ1) is 17.9. The minimum Gasteiger partial charge on any atom is -0.323 e. The third-order valence-corrected chi connectivity index (χ3v) is 5.62. The van der Waals surface area contributed by atoms with Crippen LogP contribution < -0.4 is 10.6 Å². The molecule has 0 aromatic heterocycles. The number of carbonyl (C=O) groups is 2. The summed E-state index contributed by atoms with van der Waals surface area (Å²) in [6.07, 6.45) is 2.96. The van der Waals surface area contributed by atoms with Gasteiger partial charge in [-0.1, -0.05) is 38.1 Å². The molecule has 0 saturated carbocycles. The van der Waals surface area contributed by atoms with Crippen molar-refractivity contribution in [3.8, 4) is 0 Å². The Kier molecular flexibility index (Phi) is 5.13. The van der Waals surface area contributed by atoms with Crippen LogP contribution in [-0.2, 0) is 17.8 Å². The molecule has 5 nitrogen and oxygen atoms in total. The quantitative estimate of drug-likeness (QED) is 0.808. The van der Waals surface area contributed by atoms with Crippen LogP contribution in [-0.4, -0.2) is 35.5 Å². The van der Waals surface area contributed by atoms with Gasteiger partial charge in [-0.05, 0) is 62.2 Å². The topological polar surface area (TPSA) is 61.4 Å². The molecular weight excluding hydrogens is 314 g/mol. The number of hydrogen-bond donors (Lipinski definition) is 2. The molecule has 1 aromatic rings. The van der Waals surface area contributed by atoms with Gasteiger partial charge in [0.1, 0.15) is 5.54 Å². The minimum absolute atomic E-state index is 0.182. The van der Waals surface area contributed by atoms with Crippen molar-refractivity contribution in [2.75, 3.05) is 13.1 Å². The molecule has 1 atom stereocenters. The van der Waals surface area contributed by atoms with E-state index in [0.29, 0.717) is 5.92 Å². The van der Waals surface area contributed by atoms with Crippen LogP contribution in [0, 0.1) is 11.8 Å². The predicted octanol–water partition coefficient (Wildman–Crippen LogP) is 2.70. The molecule has 0 bridgehead atoms. The molecule has 3 rings (SSSR count). The van der Waals surface area contributed by atoms with E-state index in [-0.39, 0.29) is 17.9 Å². The number of nitrogens with one attached hydrogen (secondary N) is 2. The van der Waals surface area contributed by atoms with E-state index >= 15 is 0 Å². The van der Waals surface area contributed by atoms with Crippen molar-refractivity contribution in [1.29, 1.82) is 0 Å². The fraction of sp³-hybridized carbons (Fsp3) is 0.600. The smallest absolute Gasteiger partial charge is 0.322 e. The van der Waals surface area contributed by atoms with Gasteiger partial charge in [-0.15, -0.1) is 0 Å². The minimum atomic E-state index is -0.751. The van der Waals surface area contributed by atoms with Gasteiger partial charge >= 0.3 is 6.03 Å². The van der Waals surface area contributed by atoms with Crippen LogP contribution in [0.25, 0.3) is 0 Å². The average molecular weight is 343 g/mol. The molecule has 2 heterocycles. The van der Waals surface area contributed by atoms with E-state index in [1.54, 1.807) is 0 Å². The number of likely N-dealkylation sites (tertiary alicyclic amines) is 1. The highest BCUT2D eigenvalue weighted by molar-refractivity contribution is 6.06. The van der Waals surface area contributed by atoms with Gasteiger partial charge in [0.05, 0.1) is 0 Å². The first-order valence-electron chi connectivity index (χ1n) is 9.31. The van der Waals surface area contributed by atoms with Crippen molar-refractivity contribution in [2.24, 2.45) is 11.8 Å². The molecule has 0 radical (unpaired) electrons. The van der Waals surface area contributed by atoms with E-state index in [4.69, 9.17) is 0 Å². The van der Waals surface area contributed by atoms with E-state index in [9.17, 15) is 9.59 Å². The lowest BCUT2D eigenvalue weighted by Crippen LogP contribution is -2.53. The SMILES string of the molecule is CC(C)Cc1ccccc1CN1CCC(C2(C)NC(=O)NC2=O)CC1. The first-order chi connectivity index (χ1) is 11.9. The van der Waals surface area contributed by atoms with E-state index in [0.717, 1.165) is 38.9 Å². The highest BCUT2D eigenvalue weighted by Gasteiger charge is 2.48. The summed E-state index contributed by atoms with van der Waals surface area (Å²) in [6.45, 7) is 9.24. The standard InChI is InChI=1S/C20H29N3O2/c1-14(2)12-15-6-4-5-7-16(15)13-23-10-8-17(9-11-23)20(3)18(24)21-19(25)22-20/h4-7,14,17H,8-13H2,1-3H3,(H2,21,22,24,25). The Bertz CT molecular complexity index is 650. The van der Waals surface area contributed by atoms with Crippen molar-refractivity contribution < 1.29 is 9.59 Å². The predicted molar refractivity (Wildman–Crippen MR) is 98.1 cm³/mol. The van der Waals surface area contributed by atoms with Crippen molar-refractivity contribution in [1.82, 2.24) is 15.5 Å². The molecule has 2 aliphatic heterocycles. The van der Waals surface area contributed by atoms with Gasteiger partial charge in [-0.25, -0.2) is 4.79 Å². The number of rotatable bonds is 5. The molecule has 0 aliphatic carbocycles. The average Bonchev–Trinajstić information content (AvgIpc) is 2.83. The third-order valence-electron chi connectivity index (χ3n) is 5.62. The van der Waals surface area contributed by atoms with Gasteiger partial charge in [0.15, 0.2) is 0 Å². The number of benzene rings is 1. The third kappa shape index (κ3) is 3.87. The molecule has 2 N–H and O–H groups in total. The van der Waals surface area contributed by atoms with E-state index < -0.39 is 5.54 Å². The zero-order valence-electron chi connectivity index (χ0n) is 15.5. The second kappa shape index (κ2) is 7.16. The number of urea groups is 1. The fourth-order valence-electron chi connectivity index (χ4n) is 4.10. The highest BCUT2D eigenvalue weighted by Crippen LogP contribution is 2.31. The Morgan fingerprint density at radius 1 is 1.16 bits per heavy atom. The molecule has 2 saturated heterocycles. The Morgan fingerprint density at radius 3 is 2.36 bits per heavy atom. The van der Waals surface area contributed by atoms with Gasteiger partial charge in [-0.3, -0.25) is 15.0 Å². The van der Waals surface area contributed by atoms with Crippen LogP contribution in [0.1, 0.15) is 44.7 Å². The summed E-state index contributed by atoms with van der Waals surface area (Å²) in [7, 11) is 0. The summed E-state index contributed by atoms with van der Waals surface area (Å²) in [4.78, 5) is 26.1. The zero-order valence-corrected chi connectivity index (χ0v) is 15.5. The number of hydrogen-bond acceptors (Lipinski definition) is 3. The van der Waals surface area contributed by atoms with Crippen LogP contribution in [0.4, 0.5) is 4.79 Å². The van der Waals surface area contributed by atoms with Crippen molar-refractivity contribution in [3.05, 3.63) is 35.4 Å². The maximum absolute atomic E-state index is 12.1. The Labute approximate surface area is 150 Å². The maximum Gasteiger partial charge on any atom is 0.322 e. The van der Waals surface area contributed by atoms with Crippen molar-refractivity contribution in [3.63, 3.8) is 0 Å². The first-order valence-corrected chi connectivity index (χ1v) is 9.31. The summed E-state index contributed by atoms with van der Waals surface area (Å²) in [6, 6.07) is 8.34. The van der Waals surface area contributed by atoms with E-state index in [1.165, 1.54) is 11.1 Å². The molecule has 2 aliphatic rings. The lowest BCUT2D eigenvalue weighted by atomic mass is 9.79. The molecular formula is C20H29N3O2. The molecule has 1 unspecified atom stereocenters. The van der Waals surface area contributed by atoms with E-state index in [1.807, 2.05) is 6.92 Å².